The highest BCUT2D eigenvalue weighted by atomic mass is 19.1. The van der Waals surface area contributed by atoms with Crippen LogP contribution in [0.5, 0.6) is 0 Å². The third-order valence-corrected chi connectivity index (χ3v) is 17.5. The van der Waals surface area contributed by atoms with Crippen LogP contribution in [0, 0.1) is 11.8 Å². The summed E-state index contributed by atoms with van der Waals surface area (Å²) >= 11 is 0. The molecular formula is C69H94F2N4O15. The molecule has 19 nitrogen and oxygen atoms in total. The Bertz CT molecular complexity index is 2880. The van der Waals surface area contributed by atoms with Crippen LogP contribution in [0.4, 0.5) is 8.78 Å². The van der Waals surface area contributed by atoms with E-state index in [-0.39, 0.29) is 56.5 Å². The topological polar surface area (TPSA) is 223 Å². The Hall–Kier alpha value is -6.84. The Morgan fingerprint density at radius 2 is 0.900 bits per heavy atom. The van der Waals surface area contributed by atoms with E-state index >= 15 is 9.18 Å². The summed E-state index contributed by atoms with van der Waals surface area (Å²) in [4.78, 5) is 118. The minimum atomic E-state index is -2.12. The predicted molar refractivity (Wildman–Crippen MR) is 330 cm³/mol. The molecule has 8 atom stereocenters. The molecule has 2 heterocycles. The smallest absolute Gasteiger partial charge is 0.347 e. The number of rotatable bonds is 32. The molecule has 3 aromatic carbocycles. The number of carbonyl (C=O) groups is 8. The summed E-state index contributed by atoms with van der Waals surface area (Å²) in [5, 5.41) is 2.80. The van der Waals surface area contributed by atoms with E-state index in [0.717, 1.165) is 82.8 Å². The number of nitrogens with one attached hydrogen (secondary N) is 1. The van der Waals surface area contributed by atoms with Gasteiger partial charge in [0.05, 0.1) is 0 Å². The fourth-order valence-corrected chi connectivity index (χ4v) is 11.6. The molecule has 2 saturated carbocycles. The Labute approximate surface area is 528 Å². The minimum absolute atomic E-state index is 0.0170. The van der Waals surface area contributed by atoms with Crippen molar-refractivity contribution in [2.24, 2.45) is 11.8 Å². The molecule has 0 spiro atoms. The molecule has 1 N–H and O–H groups in total. The number of amides is 3. The Kier molecular flexibility index (Phi) is 25.5. The van der Waals surface area contributed by atoms with Crippen LogP contribution in [0.25, 0.3) is 0 Å². The van der Waals surface area contributed by atoms with Crippen LogP contribution in [0.15, 0.2) is 78.9 Å². The Balaban J connectivity index is 1.09. The van der Waals surface area contributed by atoms with E-state index in [1.165, 1.54) is 69.7 Å². The van der Waals surface area contributed by atoms with Crippen LogP contribution in [0.1, 0.15) is 158 Å². The second-order valence-electron chi connectivity index (χ2n) is 26.2. The van der Waals surface area contributed by atoms with Crippen molar-refractivity contribution in [3.05, 3.63) is 107 Å². The van der Waals surface area contributed by atoms with Gasteiger partial charge in [-0.15, -0.1) is 0 Å². The van der Waals surface area contributed by atoms with Crippen LogP contribution in [0.2, 0.25) is 0 Å². The van der Waals surface area contributed by atoms with E-state index in [1.807, 2.05) is 54.6 Å². The molecular weight excluding hydrogens is 1160 g/mol. The van der Waals surface area contributed by atoms with Gasteiger partial charge in [-0.05, 0) is 139 Å². The van der Waals surface area contributed by atoms with Crippen LogP contribution < -0.4 is 5.32 Å². The molecule has 2 aliphatic carbocycles. The predicted octanol–water partition coefficient (Wildman–Crippen LogP) is 8.64. The number of halogens is 2. The number of nitrogens with zero attached hydrogens (tertiary/aromatic N) is 3. The van der Waals surface area contributed by atoms with Gasteiger partial charge in [-0.1, -0.05) is 105 Å². The zero-order chi connectivity index (χ0) is 65.5. The molecule has 21 heteroatoms. The van der Waals surface area contributed by atoms with Gasteiger partial charge in [0, 0.05) is 73.3 Å². The van der Waals surface area contributed by atoms with E-state index in [2.05, 4.69) is 5.32 Å². The van der Waals surface area contributed by atoms with Crippen LogP contribution in [-0.4, -0.2) is 177 Å². The normalized spacial score (nSPS) is 18.4. The largest absolute Gasteiger partial charge is 0.458 e. The number of ether oxygens (including phenoxy) is 7. The summed E-state index contributed by atoms with van der Waals surface area (Å²) < 4.78 is 71.2. The minimum Gasteiger partial charge on any atom is -0.458 e. The summed E-state index contributed by atoms with van der Waals surface area (Å²) in [7, 11) is 5.48. The lowest BCUT2D eigenvalue weighted by molar-refractivity contribution is -0.176. The quantitative estimate of drug-likeness (QED) is 0.0456. The fraction of sp³-hybridized carbons (Fsp3) is 0.623. The summed E-state index contributed by atoms with van der Waals surface area (Å²) in [5.41, 5.74) is 0.250. The zero-order valence-corrected chi connectivity index (χ0v) is 54.1. The van der Waals surface area contributed by atoms with Gasteiger partial charge in [-0.3, -0.25) is 19.2 Å². The standard InChI is InChI=1S/C69H94F2N4O15/c1-43(87-65(81)55(36-45-16-17-45)73(8)61(77)58(89-64(80)54(72-7)40-68(3,4)70)38-47-20-24-50(25-21-47)52-28-32-84-33-29-52)60(76)75(10)57(41-69(5,6)71)67(83)90-59(39-48-22-26-51(27-23-48)53-30-34-85-35-31-53)62(78)74(9)56(37-46-18-19-46)66(82)88-44(2)63(79)86-42-49-14-12-11-13-15-49/h11-15,20-27,43-46,52-59,72H,16-19,28-42H2,1-10H3/t43-,44-,54+,55+,56+,57+,58-,59-/m1/s1. The number of benzene rings is 3. The van der Waals surface area contributed by atoms with Gasteiger partial charge in [0.15, 0.2) is 24.4 Å². The summed E-state index contributed by atoms with van der Waals surface area (Å²) in [5.74, 6) is -6.54. The number of carbonyl (C=O) groups excluding carboxylic acids is 8. The van der Waals surface area contributed by atoms with Gasteiger partial charge < -0.3 is 53.2 Å². The monoisotopic (exact) mass is 1260 g/mol. The van der Waals surface area contributed by atoms with E-state index in [4.69, 9.17) is 33.2 Å². The molecule has 4 fully saturated rings. The maximum absolute atomic E-state index is 16.0. The molecule has 2 saturated heterocycles. The van der Waals surface area contributed by atoms with Crippen molar-refractivity contribution < 1.29 is 80.3 Å². The average Bonchev–Trinajstić information content (AvgIpc) is 1.46. The van der Waals surface area contributed by atoms with Crippen molar-refractivity contribution in [2.75, 3.05) is 54.6 Å². The van der Waals surface area contributed by atoms with Crippen molar-refractivity contribution in [2.45, 2.75) is 210 Å². The van der Waals surface area contributed by atoms with Gasteiger partial charge in [0.25, 0.3) is 17.7 Å². The van der Waals surface area contributed by atoms with Crippen molar-refractivity contribution in [3.63, 3.8) is 0 Å². The van der Waals surface area contributed by atoms with Gasteiger partial charge in [0.2, 0.25) is 0 Å². The highest BCUT2D eigenvalue weighted by Crippen LogP contribution is 2.37. The summed E-state index contributed by atoms with van der Waals surface area (Å²) in [6.45, 7) is 10.2. The van der Waals surface area contributed by atoms with E-state index in [0.29, 0.717) is 43.5 Å². The van der Waals surface area contributed by atoms with E-state index in [9.17, 15) is 38.0 Å². The number of esters is 5. The number of hydrogen-bond donors (Lipinski definition) is 1. The van der Waals surface area contributed by atoms with Crippen LogP contribution in [-0.2, 0) is 91.0 Å². The molecule has 4 aliphatic rings. The van der Waals surface area contributed by atoms with Crippen molar-refractivity contribution in [3.8, 4) is 0 Å². The van der Waals surface area contributed by atoms with Crippen molar-refractivity contribution in [1.29, 1.82) is 0 Å². The van der Waals surface area contributed by atoms with Gasteiger partial charge in [0.1, 0.15) is 42.1 Å². The zero-order valence-electron chi connectivity index (χ0n) is 54.1. The Morgan fingerprint density at radius 3 is 1.31 bits per heavy atom. The highest BCUT2D eigenvalue weighted by Gasteiger charge is 2.45. The summed E-state index contributed by atoms with van der Waals surface area (Å²) in [6, 6.07) is 18.8. The molecule has 2 aliphatic heterocycles. The third-order valence-electron chi connectivity index (χ3n) is 17.5. The van der Waals surface area contributed by atoms with E-state index in [1.54, 1.807) is 24.3 Å². The maximum Gasteiger partial charge on any atom is 0.347 e. The lowest BCUT2D eigenvalue weighted by Gasteiger charge is -2.34. The number of alkyl halides is 2. The van der Waals surface area contributed by atoms with Crippen molar-refractivity contribution >= 4 is 47.6 Å². The molecule has 3 amide bonds. The molecule has 0 bridgehead atoms. The second kappa shape index (κ2) is 32.4. The SMILES string of the molecule is CN[C@@H](CC(C)(C)F)C(=O)O[C@H](Cc1ccc(C2CCOCC2)cc1)C(=O)N(C)[C@@H](CC1CC1)C(=O)O[C@H](C)C(=O)N(C)[C@@H](CC(C)(C)F)C(=O)O[C@H](Cc1ccc(C2CCOCC2)cc1)C(=O)N(C)[C@@H](CC1CC1)C(=O)O[C@H](C)C(=O)OCc1ccccc1. The molecule has 0 unspecified atom stereocenters. The molecule has 494 valence electrons. The maximum atomic E-state index is 16.0. The van der Waals surface area contributed by atoms with Crippen LogP contribution >= 0.6 is 0 Å². The first-order valence-electron chi connectivity index (χ1n) is 31.9. The van der Waals surface area contributed by atoms with E-state index < -0.39 is 114 Å². The second-order valence-corrected chi connectivity index (χ2v) is 26.2. The van der Waals surface area contributed by atoms with Gasteiger partial charge in [-0.25, -0.2) is 28.0 Å². The lowest BCUT2D eigenvalue weighted by atomic mass is 9.90. The van der Waals surface area contributed by atoms with Crippen LogP contribution in [0.3, 0.4) is 0 Å². The summed E-state index contributed by atoms with van der Waals surface area (Å²) in [6.07, 6.45) is -0.472. The third kappa shape index (κ3) is 21.4. The fourth-order valence-electron chi connectivity index (χ4n) is 11.6. The Morgan fingerprint density at radius 1 is 0.500 bits per heavy atom. The molecule has 0 radical (unpaired) electrons. The molecule has 7 rings (SSSR count). The first-order chi connectivity index (χ1) is 42.7. The lowest BCUT2D eigenvalue weighted by Crippen LogP contribution is -2.54. The van der Waals surface area contributed by atoms with Gasteiger partial charge in [-0.2, -0.15) is 0 Å². The number of hydrogen-bond acceptors (Lipinski definition) is 16. The first-order valence-corrected chi connectivity index (χ1v) is 31.9. The molecule has 3 aromatic rings. The van der Waals surface area contributed by atoms with Crippen molar-refractivity contribution in [1.82, 2.24) is 20.0 Å². The highest BCUT2D eigenvalue weighted by molar-refractivity contribution is 5.93. The number of likely N-dealkylation sites (N-methyl/N-ethyl adjacent to an activating group) is 4. The first kappa shape index (κ1) is 70.6. The van der Waals surface area contributed by atoms with Gasteiger partial charge >= 0.3 is 29.8 Å². The molecule has 90 heavy (non-hydrogen) atoms. The average molecular weight is 1260 g/mol. The molecule has 0 aromatic heterocycles.